The van der Waals surface area contributed by atoms with Crippen molar-refractivity contribution in [3.05, 3.63) is 0 Å². The summed E-state index contributed by atoms with van der Waals surface area (Å²) < 4.78 is 5.51. The molecule has 0 aromatic carbocycles. The van der Waals surface area contributed by atoms with Gasteiger partial charge in [-0.1, -0.05) is 13.8 Å². The van der Waals surface area contributed by atoms with Crippen LogP contribution in [0, 0.1) is 5.92 Å². The monoisotopic (exact) mass is 204 g/mol. The van der Waals surface area contributed by atoms with Crippen LogP contribution >= 0.6 is 0 Å². The lowest BCUT2D eigenvalue weighted by molar-refractivity contribution is -0.208. The van der Waals surface area contributed by atoms with Crippen molar-refractivity contribution < 1.29 is 20.1 Å². The maximum atomic E-state index is 9.80. The zero-order valence-corrected chi connectivity index (χ0v) is 8.76. The fourth-order valence-corrected chi connectivity index (χ4v) is 2.12. The molecule has 0 aromatic heterocycles. The number of hydrogen-bond acceptors (Lipinski definition) is 4. The molecule has 0 spiro atoms. The summed E-state index contributed by atoms with van der Waals surface area (Å²) in [5.74, 6) is -0.169. The van der Waals surface area contributed by atoms with Crippen LogP contribution in [0.25, 0.3) is 0 Å². The Bertz CT molecular complexity index is 172. The summed E-state index contributed by atoms with van der Waals surface area (Å²) in [7, 11) is 0. The molecule has 4 heteroatoms. The normalized spacial score (nSPS) is 43.9. The molecule has 1 heterocycles. The van der Waals surface area contributed by atoms with Gasteiger partial charge in [0.25, 0.3) is 0 Å². The largest absolute Gasteiger partial charge is 0.394 e. The first-order valence-electron chi connectivity index (χ1n) is 5.28. The molecule has 1 saturated heterocycles. The Morgan fingerprint density at radius 3 is 2.07 bits per heavy atom. The summed E-state index contributed by atoms with van der Waals surface area (Å²) in [6.45, 7) is 3.71. The van der Waals surface area contributed by atoms with Crippen LogP contribution in [-0.4, -0.2) is 46.3 Å². The van der Waals surface area contributed by atoms with E-state index in [-0.39, 0.29) is 24.7 Å². The molecule has 14 heavy (non-hydrogen) atoms. The van der Waals surface area contributed by atoms with Gasteiger partial charge in [0.15, 0.2) is 0 Å². The number of ether oxygens (including phenoxy) is 1. The zero-order chi connectivity index (χ0) is 10.7. The van der Waals surface area contributed by atoms with E-state index in [1.54, 1.807) is 0 Å². The average Bonchev–Trinajstić information content (AvgIpc) is 2.21. The van der Waals surface area contributed by atoms with E-state index in [1.165, 1.54) is 0 Å². The summed E-state index contributed by atoms with van der Waals surface area (Å²) in [5.41, 5.74) is 0. The predicted molar refractivity (Wildman–Crippen MR) is 51.8 cm³/mol. The van der Waals surface area contributed by atoms with Gasteiger partial charge in [-0.3, -0.25) is 0 Å². The Balaban J connectivity index is 2.71. The molecule has 1 fully saturated rings. The predicted octanol–water partition coefficient (Wildman–Crippen LogP) is -0.0959. The summed E-state index contributed by atoms with van der Waals surface area (Å²) in [6, 6.07) is 0. The minimum Gasteiger partial charge on any atom is -0.394 e. The minimum absolute atomic E-state index is 0.0984. The van der Waals surface area contributed by atoms with Crippen LogP contribution in [0.1, 0.15) is 26.7 Å². The van der Waals surface area contributed by atoms with E-state index in [0.717, 1.165) is 0 Å². The molecule has 0 bridgehead atoms. The quantitative estimate of drug-likeness (QED) is 0.600. The second-order valence-corrected chi connectivity index (χ2v) is 3.86. The van der Waals surface area contributed by atoms with Crippen molar-refractivity contribution >= 4 is 0 Å². The molecule has 0 aliphatic carbocycles. The fourth-order valence-electron chi connectivity index (χ4n) is 2.12. The van der Waals surface area contributed by atoms with Crippen LogP contribution < -0.4 is 0 Å². The van der Waals surface area contributed by atoms with E-state index in [4.69, 9.17) is 9.84 Å². The molecule has 0 saturated carbocycles. The SMILES string of the molecule is CCC1OC(CO)C(CC)C(O)C1O. The Kier molecular flexibility index (Phi) is 4.31. The molecule has 3 N–H and O–H groups in total. The Morgan fingerprint density at radius 2 is 1.64 bits per heavy atom. The van der Waals surface area contributed by atoms with Gasteiger partial charge >= 0.3 is 0 Å². The highest BCUT2D eigenvalue weighted by Crippen LogP contribution is 2.29. The number of aliphatic hydroxyl groups is 3. The van der Waals surface area contributed by atoms with Crippen molar-refractivity contribution in [1.82, 2.24) is 0 Å². The average molecular weight is 204 g/mol. The van der Waals surface area contributed by atoms with Crippen molar-refractivity contribution in [1.29, 1.82) is 0 Å². The van der Waals surface area contributed by atoms with E-state index < -0.39 is 12.2 Å². The van der Waals surface area contributed by atoms with Crippen LogP contribution in [-0.2, 0) is 4.74 Å². The molecular formula is C10H20O4. The van der Waals surface area contributed by atoms with E-state index in [0.29, 0.717) is 12.8 Å². The summed E-state index contributed by atoms with van der Waals surface area (Å²) in [6.07, 6.45) is -0.970. The third-order valence-corrected chi connectivity index (χ3v) is 3.05. The van der Waals surface area contributed by atoms with Crippen LogP contribution in [0.2, 0.25) is 0 Å². The van der Waals surface area contributed by atoms with Crippen molar-refractivity contribution in [2.24, 2.45) is 5.92 Å². The molecule has 5 unspecified atom stereocenters. The summed E-state index contributed by atoms with van der Waals surface area (Å²) in [5, 5.41) is 28.6. The first-order valence-corrected chi connectivity index (χ1v) is 5.28. The maximum Gasteiger partial charge on any atom is 0.106 e. The topological polar surface area (TPSA) is 69.9 Å². The molecule has 0 amide bonds. The van der Waals surface area contributed by atoms with Gasteiger partial charge in [0.05, 0.1) is 24.9 Å². The van der Waals surface area contributed by atoms with Crippen LogP contribution in [0.5, 0.6) is 0 Å². The van der Waals surface area contributed by atoms with Gasteiger partial charge in [-0.25, -0.2) is 0 Å². The van der Waals surface area contributed by atoms with E-state index >= 15 is 0 Å². The van der Waals surface area contributed by atoms with Gasteiger partial charge in [-0.2, -0.15) is 0 Å². The number of aliphatic hydroxyl groups excluding tert-OH is 3. The van der Waals surface area contributed by atoms with Crippen molar-refractivity contribution in [2.45, 2.75) is 51.1 Å². The Hall–Kier alpha value is -0.160. The zero-order valence-electron chi connectivity index (χ0n) is 8.76. The van der Waals surface area contributed by atoms with Crippen molar-refractivity contribution in [3.63, 3.8) is 0 Å². The number of rotatable bonds is 3. The van der Waals surface area contributed by atoms with Crippen molar-refractivity contribution in [2.75, 3.05) is 6.61 Å². The second kappa shape index (κ2) is 5.07. The molecule has 0 aromatic rings. The standard InChI is InChI=1S/C10H20O4/c1-3-6-8(5-11)14-7(4-2)10(13)9(6)12/h6-13H,3-5H2,1-2H3. The molecule has 1 rings (SSSR count). The summed E-state index contributed by atoms with van der Waals surface area (Å²) >= 11 is 0. The van der Waals surface area contributed by atoms with Gasteiger partial charge < -0.3 is 20.1 Å². The maximum absolute atomic E-state index is 9.80. The molecular weight excluding hydrogens is 184 g/mol. The first-order chi connectivity index (χ1) is 6.65. The van der Waals surface area contributed by atoms with Crippen molar-refractivity contribution in [3.8, 4) is 0 Å². The fraction of sp³-hybridized carbons (Fsp3) is 1.00. The van der Waals surface area contributed by atoms with E-state index in [2.05, 4.69) is 0 Å². The molecule has 1 aliphatic heterocycles. The van der Waals surface area contributed by atoms with Gasteiger partial charge in [0.1, 0.15) is 6.10 Å². The molecule has 1 aliphatic rings. The Morgan fingerprint density at radius 1 is 1.00 bits per heavy atom. The lowest BCUT2D eigenvalue weighted by Gasteiger charge is -2.42. The smallest absolute Gasteiger partial charge is 0.106 e. The Labute approximate surface area is 84.5 Å². The van der Waals surface area contributed by atoms with Crippen LogP contribution in [0.4, 0.5) is 0 Å². The number of hydrogen-bond donors (Lipinski definition) is 3. The van der Waals surface area contributed by atoms with Crippen LogP contribution in [0.15, 0.2) is 0 Å². The summed E-state index contributed by atoms with van der Waals surface area (Å²) in [4.78, 5) is 0. The lowest BCUT2D eigenvalue weighted by atomic mass is 9.84. The van der Waals surface area contributed by atoms with E-state index in [1.807, 2.05) is 13.8 Å². The highest BCUT2D eigenvalue weighted by atomic mass is 16.5. The lowest BCUT2D eigenvalue weighted by Crippen LogP contribution is -2.55. The third-order valence-electron chi connectivity index (χ3n) is 3.05. The van der Waals surface area contributed by atoms with Gasteiger partial charge in [-0.15, -0.1) is 0 Å². The van der Waals surface area contributed by atoms with Gasteiger partial charge in [0, 0.05) is 5.92 Å². The van der Waals surface area contributed by atoms with Gasteiger partial charge in [0.2, 0.25) is 0 Å². The molecule has 4 nitrogen and oxygen atoms in total. The third kappa shape index (κ3) is 2.08. The van der Waals surface area contributed by atoms with Gasteiger partial charge in [-0.05, 0) is 12.8 Å². The highest BCUT2D eigenvalue weighted by molar-refractivity contribution is 4.90. The van der Waals surface area contributed by atoms with Crippen LogP contribution in [0.3, 0.4) is 0 Å². The minimum atomic E-state index is -0.826. The van der Waals surface area contributed by atoms with E-state index in [9.17, 15) is 10.2 Å². The highest BCUT2D eigenvalue weighted by Gasteiger charge is 2.42. The molecule has 5 atom stereocenters. The first kappa shape index (κ1) is 11.9. The molecule has 0 radical (unpaired) electrons. The second-order valence-electron chi connectivity index (χ2n) is 3.86. The molecule has 84 valence electrons.